The Morgan fingerprint density at radius 3 is 2.74 bits per heavy atom. The highest BCUT2D eigenvalue weighted by Gasteiger charge is 2.25. The van der Waals surface area contributed by atoms with E-state index in [2.05, 4.69) is 9.97 Å². The van der Waals surface area contributed by atoms with E-state index >= 15 is 0 Å². The van der Waals surface area contributed by atoms with Crippen molar-refractivity contribution >= 4 is 5.91 Å². The smallest absolute Gasteiger partial charge is 0.274 e. The lowest BCUT2D eigenvalue weighted by molar-refractivity contribution is 0.0471. The van der Waals surface area contributed by atoms with Crippen molar-refractivity contribution in [2.24, 2.45) is 0 Å². The number of aromatic nitrogens is 2. The van der Waals surface area contributed by atoms with Gasteiger partial charge in [0, 0.05) is 12.7 Å². The molecule has 1 atom stereocenters. The third-order valence-corrected chi connectivity index (χ3v) is 3.66. The van der Waals surface area contributed by atoms with Gasteiger partial charge < -0.3 is 14.4 Å². The molecule has 6 nitrogen and oxygen atoms in total. The zero-order valence-electron chi connectivity index (χ0n) is 13.2. The number of likely N-dealkylation sites (N-methyl/N-ethyl adjacent to an activating group) is 1. The fourth-order valence-electron chi connectivity index (χ4n) is 2.42. The van der Waals surface area contributed by atoms with Crippen molar-refractivity contribution in [2.75, 3.05) is 19.7 Å². The maximum atomic E-state index is 12.5. The quantitative estimate of drug-likeness (QED) is 0.865. The molecule has 2 heterocycles. The zero-order valence-corrected chi connectivity index (χ0v) is 13.2. The van der Waals surface area contributed by atoms with E-state index in [-0.39, 0.29) is 12.0 Å². The van der Waals surface area contributed by atoms with Crippen molar-refractivity contribution in [1.29, 1.82) is 0 Å². The Kier molecular flexibility index (Phi) is 4.41. The lowest BCUT2D eigenvalue weighted by atomic mass is 10.2. The van der Waals surface area contributed by atoms with Crippen molar-refractivity contribution in [3.8, 4) is 11.5 Å². The lowest BCUT2D eigenvalue weighted by Crippen LogP contribution is -2.43. The van der Waals surface area contributed by atoms with Gasteiger partial charge in [0.2, 0.25) is 0 Å². The summed E-state index contributed by atoms with van der Waals surface area (Å²) in [7, 11) is 0. The van der Waals surface area contributed by atoms with Gasteiger partial charge in [0.05, 0.1) is 18.4 Å². The Bertz CT molecular complexity index is 688. The van der Waals surface area contributed by atoms with Crippen LogP contribution in [0, 0.1) is 6.92 Å². The number of hydrogen-bond donors (Lipinski definition) is 0. The molecule has 23 heavy (non-hydrogen) atoms. The van der Waals surface area contributed by atoms with E-state index in [9.17, 15) is 4.79 Å². The molecule has 1 aromatic carbocycles. The molecule has 0 fully saturated rings. The fourth-order valence-corrected chi connectivity index (χ4v) is 2.42. The molecule has 6 heteroatoms. The largest absolute Gasteiger partial charge is 0.486 e. The Labute approximate surface area is 135 Å². The highest BCUT2D eigenvalue weighted by atomic mass is 16.6. The van der Waals surface area contributed by atoms with Crippen LogP contribution in [0.4, 0.5) is 0 Å². The second-order valence-electron chi connectivity index (χ2n) is 5.38. The molecule has 0 aliphatic carbocycles. The second-order valence-corrected chi connectivity index (χ2v) is 5.38. The molecule has 0 unspecified atom stereocenters. The minimum Gasteiger partial charge on any atom is -0.486 e. The summed E-state index contributed by atoms with van der Waals surface area (Å²) < 4.78 is 11.6. The molecule has 0 saturated heterocycles. The van der Waals surface area contributed by atoms with Crippen LogP contribution in [0.3, 0.4) is 0 Å². The van der Waals surface area contributed by atoms with Crippen LogP contribution in [-0.4, -0.2) is 46.6 Å². The Balaban J connectivity index is 1.68. The fraction of sp³-hybridized carbons (Fsp3) is 0.353. The number of nitrogens with zero attached hydrogens (tertiary/aromatic N) is 3. The highest BCUT2D eigenvalue weighted by molar-refractivity contribution is 5.92. The summed E-state index contributed by atoms with van der Waals surface area (Å²) in [4.78, 5) is 22.5. The molecule has 1 aromatic heterocycles. The molecule has 1 amide bonds. The van der Waals surface area contributed by atoms with Gasteiger partial charge in [-0.3, -0.25) is 9.78 Å². The number of carbonyl (C=O) groups excluding carboxylic acids is 1. The third kappa shape index (κ3) is 3.41. The highest BCUT2D eigenvalue weighted by Crippen LogP contribution is 2.31. The van der Waals surface area contributed by atoms with Crippen molar-refractivity contribution in [3.63, 3.8) is 0 Å². The Hall–Kier alpha value is -2.63. The SMILES string of the molecule is CCN(C[C@H]1COc2ccccc2O1)C(=O)c1cnc(C)cn1. The molecule has 1 aliphatic rings. The summed E-state index contributed by atoms with van der Waals surface area (Å²) in [6.45, 7) is 5.19. The summed E-state index contributed by atoms with van der Waals surface area (Å²) in [6.07, 6.45) is 2.90. The van der Waals surface area contributed by atoms with E-state index in [4.69, 9.17) is 9.47 Å². The van der Waals surface area contributed by atoms with Crippen molar-refractivity contribution in [1.82, 2.24) is 14.9 Å². The zero-order chi connectivity index (χ0) is 16.2. The third-order valence-electron chi connectivity index (χ3n) is 3.66. The van der Waals surface area contributed by atoms with E-state index in [0.29, 0.717) is 31.1 Å². The topological polar surface area (TPSA) is 64.6 Å². The molecule has 1 aliphatic heterocycles. The van der Waals surface area contributed by atoms with Gasteiger partial charge in [-0.05, 0) is 26.0 Å². The maximum absolute atomic E-state index is 12.5. The number of aryl methyl sites for hydroxylation is 1. The number of para-hydroxylation sites is 2. The predicted molar refractivity (Wildman–Crippen MR) is 84.7 cm³/mol. The average molecular weight is 313 g/mol. The molecular weight excluding hydrogens is 294 g/mol. The molecule has 0 radical (unpaired) electrons. The number of ether oxygens (including phenoxy) is 2. The second kappa shape index (κ2) is 6.64. The first-order valence-electron chi connectivity index (χ1n) is 7.63. The number of amides is 1. The van der Waals surface area contributed by atoms with Gasteiger partial charge in [0.1, 0.15) is 12.3 Å². The van der Waals surface area contributed by atoms with E-state index in [0.717, 1.165) is 11.4 Å². The van der Waals surface area contributed by atoms with Crippen LogP contribution in [0.1, 0.15) is 23.1 Å². The molecule has 0 bridgehead atoms. The van der Waals surface area contributed by atoms with E-state index in [1.54, 1.807) is 11.1 Å². The lowest BCUT2D eigenvalue weighted by Gasteiger charge is -2.30. The van der Waals surface area contributed by atoms with Gasteiger partial charge in [-0.25, -0.2) is 4.98 Å². The van der Waals surface area contributed by atoms with Gasteiger partial charge >= 0.3 is 0 Å². The number of fused-ring (bicyclic) bond motifs is 1. The maximum Gasteiger partial charge on any atom is 0.274 e. The Morgan fingerprint density at radius 1 is 1.26 bits per heavy atom. The first-order chi connectivity index (χ1) is 11.2. The number of rotatable bonds is 4. The average Bonchev–Trinajstić information content (AvgIpc) is 2.59. The van der Waals surface area contributed by atoms with E-state index in [1.807, 2.05) is 38.1 Å². The van der Waals surface area contributed by atoms with Crippen LogP contribution >= 0.6 is 0 Å². The predicted octanol–water partition coefficient (Wildman–Crippen LogP) is 2.09. The summed E-state index contributed by atoms with van der Waals surface area (Å²) >= 11 is 0. The van der Waals surface area contributed by atoms with Crippen LogP contribution in [0.25, 0.3) is 0 Å². The van der Waals surface area contributed by atoms with Crippen LogP contribution in [-0.2, 0) is 0 Å². The first kappa shape index (κ1) is 15.3. The van der Waals surface area contributed by atoms with E-state index in [1.165, 1.54) is 6.20 Å². The monoisotopic (exact) mass is 313 g/mol. The molecule has 2 aromatic rings. The van der Waals surface area contributed by atoms with E-state index < -0.39 is 0 Å². The number of benzene rings is 1. The Morgan fingerprint density at radius 2 is 2.04 bits per heavy atom. The van der Waals surface area contributed by atoms with Gasteiger partial charge in [0.25, 0.3) is 5.91 Å². The number of hydrogen-bond acceptors (Lipinski definition) is 5. The summed E-state index contributed by atoms with van der Waals surface area (Å²) in [5, 5.41) is 0. The van der Waals surface area contributed by atoms with Gasteiger partial charge in [-0.2, -0.15) is 0 Å². The van der Waals surface area contributed by atoms with Crippen molar-refractivity contribution in [2.45, 2.75) is 20.0 Å². The molecule has 0 spiro atoms. The van der Waals surface area contributed by atoms with Gasteiger partial charge in [0.15, 0.2) is 17.6 Å². The van der Waals surface area contributed by atoms with Crippen molar-refractivity contribution in [3.05, 3.63) is 48.0 Å². The molecule has 120 valence electrons. The van der Waals surface area contributed by atoms with Crippen molar-refractivity contribution < 1.29 is 14.3 Å². The van der Waals surface area contributed by atoms with Crippen LogP contribution in [0.5, 0.6) is 11.5 Å². The van der Waals surface area contributed by atoms with Crippen LogP contribution < -0.4 is 9.47 Å². The van der Waals surface area contributed by atoms with Crippen LogP contribution in [0.2, 0.25) is 0 Å². The normalized spacial score (nSPS) is 16.0. The molecule has 0 saturated carbocycles. The van der Waals surface area contributed by atoms with Gasteiger partial charge in [-0.1, -0.05) is 12.1 Å². The summed E-state index contributed by atoms with van der Waals surface area (Å²) in [5.41, 5.74) is 1.12. The standard InChI is InChI=1S/C17H19N3O3/c1-3-20(17(21)14-9-18-12(2)8-19-14)10-13-11-22-15-6-4-5-7-16(15)23-13/h4-9,13H,3,10-11H2,1-2H3/t13-/m0/s1. The summed E-state index contributed by atoms with van der Waals surface area (Å²) in [6, 6.07) is 7.54. The van der Waals surface area contributed by atoms with Crippen LogP contribution in [0.15, 0.2) is 36.7 Å². The summed E-state index contributed by atoms with van der Waals surface area (Å²) in [5.74, 6) is 1.30. The van der Waals surface area contributed by atoms with Gasteiger partial charge in [-0.15, -0.1) is 0 Å². The molecule has 3 rings (SSSR count). The minimum atomic E-state index is -0.202. The molecular formula is C17H19N3O3. The number of carbonyl (C=O) groups is 1. The minimum absolute atomic E-state index is 0.151. The first-order valence-corrected chi connectivity index (χ1v) is 7.63. The molecule has 0 N–H and O–H groups in total.